The molecule has 0 aromatic heterocycles. The molecule has 0 spiro atoms. The summed E-state index contributed by atoms with van der Waals surface area (Å²) in [6, 6.07) is 7.16. The molecular weight excluding hydrogens is 356 g/mol. The Kier molecular flexibility index (Phi) is 6.03. The molecule has 1 saturated carbocycles. The second-order valence-electron chi connectivity index (χ2n) is 6.67. The van der Waals surface area contributed by atoms with Gasteiger partial charge in [-0.15, -0.1) is 0 Å². The Labute approximate surface area is 154 Å². The Morgan fingerprint density at radius 2 is 1.69 bits per heavy atom. The minimum atomic E-state index is -3.23. The van der Waals surface area contributed by atoms with Gasteiger partial charge in [-0.3, -0.25) is 4.79 Å². The van der Waals surface area contributed by atoms with Crippen LogP contribution in [-0.4, -0.2) is 68.7 Å². The average Bonchev–Trinajstić information content (AvgIpc) is 3.22. The van der Waals surface area contributed by atoms with Gasteiger partial charge in [0.1, 0.15) is 0 Å². The van der Waals surface area contributed by atoms with Crippen LogP contribution in [0.2, 0.25) is 0 Å². The van der Waals surface area contributed by atoms with E-state index >= 15 is 0 Å². The summed E-state index contributed by atoms with van der Waals surface area (Å²) in [7, 11) is -1.68. The smallest absolute Gasteiger partial charge is 0.260 e. The number of methoxy groups -OCH3 is 1. The lowest BCUT2D eigenvalue weighted by Crippen LogP contribution is -2.53. The fraction of sp³-hybridized carbons (Fsp3) is 0.611. The molecule has 1 aliphatic carbocycles. The van der Waals surface area contributed by atoms with E-state index in [4.69, 9.17) is 9.47 Å². The maximum Gasteiger partial charge on any atom is 0.260 e. The number of para-hydroxylation sites is 2. The Balaban J connectivity index is 1.50. The van der Waals surface area contributed by atoms with Gasteiger partial charge in [0, 0.05) is 26.2 Å². The number of piperazine rings is 1. The third-order valence-corrected chi connectivity index (χ3v) is 7.49. The number of carbonyl (C=O) groups is 1. The second kappa shape index (κ2) is 8.26. The van der Waals surface area contributed by atoms with E-state index in [-0.39, 0.29) is 17.8 Å². The molecular formula is C18H26N2O5S. The van der Waals surface area contributed by atoms with Crippen LogP contribution in [0.3, 0.4) is 0 Å². The molecule has 0 bridgehead atoms. The Morgan fingerprint density at radius 3 is 2.31 bits per heavy atom. The van der Waals surface area contributed by atoms with Gasteiger partial charge >= 0.3 is 0 Å². The third kappa shape index (κ3) is 4.12. The maximum atomic E-state index is 12.6. The van der Waals surface area contributed by atoms with Gasteiger partial charge in [-0.25, -0.2) is 8.42 Å². The summed E-state index contributed by atoms with van der Waals surface area (Å²) in [5.41, 5.74) is 0. The third-order valence-electron chi connectivity index (χ3n) is 5.09. The maximum absolute atomic E-state index is 12.6. The zero-order valence-corrected chi connectivity index (χ0v) is 15.9. The number of hydrogen-bond donors (Lipinski definition) is 0. The van der Waals surface area contributed by atoms with Crippen molar-refractivity contribution in [1.29, 1.82) is 0 Å². The highest BCUT2D eigenvalue weighted by molar-refractivity contribution is 7.89. The molecule has 1 aromatic carbocycles. The van der Waals surface area contributed by atoms with E-state index in [1.54, 1.807) is 28.4 Å². The first-order valence-corrected chi connectivity index (χ1v) is 10.6. The van der Waals surface area contributed by atoms with Gasteiger partial charge in [0.2, 0.25) is 10.0 Å². The first-order chi connectivity index (χ1) is 12.5. The van der Waals surface area contributed by atoms with Crippen molar-refractivity contribution in [2.45, 2.75) is 30.9 Å². The van der Waals surface area contributed by atoms with Crippen molar-refractivity contribution in [2.75, 3.05) is 39.9 Å². The summed E-state index contributed by atoms with van der Waals surface area (Å²) >= 11 is 0. The quantitative estimate of drug-likeness (QED) is 0.745. The highest BCUT2D eigenvalue weighted by atomic mass is 32.2. The lowest BCUT2D eigenvalue weighted by molar-refractivity contribution is -0.134. The SMILES string of the molecule is COc1ccccc1OCC(=O)N1CCN(S(=O)(=O)C2CCCC2)CC1. The number of sulfonamides is 1. The summed E-state index contributed by atoms with van der Waals surface area (Å²) < 4.78 is 37.6. The summed E-state index contributed by atoms with van der Waals surface area (Å²) in [5, 5.41) is -0.237. The molecule has 26 heavy (non-hydrogen) atoms. The van der Waals surface area contributed by atoms with Gasteiger partial charge in [0.25, 0.3) is 5.91 Å². The molecule has 8 heteroatoms. The Hall–Kier alpha value is -1.80. The molecule has 0 radical (unpaired) electrons. The number of hydrogen-bond acceptors (Lipinski definition) is 5. The Morgan fingerprint density at radius 1 is 1.08 bits per heavy atom. The molecule has 0 N–H and O–H groups in total. The van der Waals surface area contributed by atoms with Crippen molar-refractivity contribution < 1.29 is 22.7 Å². The number of rotatable bonds is 6. The fourth-order valence-electron chi connectivity index (χ4n) is 3.56. The van der Waals surface area contributed by atoms with Crippen LogP contribution in [0.1, 0.15) is 25.7 Å². The lowest BCUT2D eigenvalue weighted by atomic mass is 10.3. The predicted octanol–water partition coefficient (Wildman–Crippen LogP) is 1.49. The number of carbonyl (C=O) groups excluding carboxylic acids is 1. The van der Waals surface area contributed by atoms with Crippen molar-refractivity contribution in [1.82, 2.24) is 9.21 Å². The fourth-order valence-corrected chi connectivity index (χ4v) is 5.58. The van der Waals surface area contributed by atoms with Crippen LogP contribution in [-0.2, 0) is 14.8 Å². The van der Waals surface area contributed by atoms with Gasteiger partial charge in [-0.05, 0) is 25.0 Å². The molecule has 1 aliphatic heterocycles. The van der Waals surface area contributed by atoms with Gasteiger partial charge in [-0.1, -0.05) is 25.0 Å². The van der Waals surface area contributed by atoms with E-state index in [0.29, 0.717) is 37.7 Å². The van der Waals surface area contributed by atoms with Crippen LogP contribution in [0.4, 0.5) is 0 Å². The van der Waals surface area contributed by atoms with Crippen LogP contribution in [0, 0.1) is 0 Å². The van der Waals surface area contributed by atoms with E-state index in [0.717, 1.165) is 25.7 Å². The van der Waals surface area contributed by atoms with Crippen LogP contribution < -0.4 is 9.47 Å². The number of benzene rings is 1. The topological polar surface area (TPSA) is 76.2 Å². The number of nitrogens with zero attached hydrogens (tertiary/aromatic N) is 2. The van der Waals surface area contributed by atoms with Gasteiger partial charge in [0.15, 0.2) is 18.1 Å². The highest BCUT2D eigenvalue weighted by Gasteiger charge is 2.36. The van der Waals surface area contributed by atoms with Gasteiger partial charge in [0.05, 0.1) is 12.4 Å². The molecule has 1 aromatic rings. The highest BCUT2D eigenvalue weighted by Crippen LogP contribution is 2.28. The number of amides is 1. The largest absolute Gasteiger partial charge is 0.493 e. The minimum absolute atomic E-state index is 0.0876. The van der Waals surface area contributed by atoms with Gasteiger partial charge in [-0.2, -0.15) is 4.31 Å². The summed E-state index contributed by atoms with van der Waals surface area (Å²) in [6.07, 6.45) is 3.49. The molecule has 3 rings (SSSR count). The van der Waals surface area contributed by atoms with Crippen molar-refractivity contribution in [3.05, 3.63) is 24.3 Å². The normalized spacial score (nSPS) is 19.5. The van der Waals surface area contributed by atoms with Crippen molar-refractivity contribution in [3.63, 3.8) is 0 Å². The summed E-state index contributed by atoms with van der Waals surface area (Å²) in [5.74, 6) is 0.951. The van der Waals surface area contributed by atoms with Crippen LogP contribution >= 0.6 is 0 Å². The van der Waals surface area contributed by atoms with E-state index in [9.17, 15) is 13.2 Å². The molecule has 2 aliphatic rings. The molecule has 1 amide bonds. The summed E-state index contributed by atoms with van der Waals surface area (Å²) in [4.78, 5) is 14.0. The van der Waals surface area contributed by atoms with Crippen molar-refractivity contribution in [2.24, 2.45) is 0 Å². The first-order valence-electron chi connectivity index (χ1n) is 9.05. The lowest BCUT2D eigenvalue weighted by Gasteiger charge is -2.35. The molecule has 1 saturated heterocycles. The molecule has 2 fully saturated rings. The van der Waals surface area contributed by atoms with E-state index in [2.05, 4.69) is 0 Å². The van der Waals surface area contributed by atoms with Crippen molar-refractivity contribution >= 4 is 15.9 Å². The van der Waals surface area contributed by atoms with Crippen LogP contribution in [0.5, 0.6) is 11.5 Å². The van der Waals surface area contributed by atoms with E-state index in [1.807, 2.05) is 12.1 Å². The number of ether oxygens (including phenoxy) is 2. The van der Waals surface area contributed by atoms with Gasteiger partial charge < -0.3 is 14.4 Å². The Bertz CT molecular complexity index is 723. The van der Waals surface area contributed by atoms with Crippen LogP contribution in [0.15, 0.2) is 24.3 Å². The van der Waals surface area contributed by atoms with E-state index in [1.165, 1.54) is 0 Å². The first kappa shape index (κ1) is 19.0. The molecule has 0 unspecified atom stereocenters. The molecule has 144 valence electrons. The summed E-state index contributed by atoms with van der Waals surface area (Å²) in [6.45, 7) is 1.44. The average molecular weight is 382 g/mol. The predicted molar refractivity (Wildman–Crippen MR) is 97.8 cm³/mol. The van der Waals surface area contributed by atoms with E-state index < -0.39 is 10.0 Å². The molecule has 1 heterocycles. The second-order valence-corrected chi connectivity index (χ2v) is 8.88. The van der Waals surface area contributed by atoms with Crippen molar-refractivity contribution in [3.8, 4) is 11.5 Å². The zero-order valence-electron chi connectivity index (χ0n) is 15.1. The van der Waals surface area contributed by atoms with Crippen LogP contribution in [0.25, 0.3) is 0 Å². The molecule has 7 nitrogen and oxygen atoms in total. The molecule has 0 atom stereocenters. The zero-order chi connectivity index (χ0) is 18.6. The standard InChI is InChI=1S/C18H26N2O5S/c1-24-16-8-4-5-9-17(16)25-14-18(21)19-10-12-20(13-11-19)26(22,23)15-6-2-3-7-15/h4-5,8-9,15H,2-3,6-7,10-14H2,1H3. The monoisotopic (exact) mass is 382 g/mol. The minimum Gasteiger partial charge on any atom is -0.493 e.